The highest BCUT2D eigenvalue weighted by Gasteiger charge is 2.35. The molecule has 0 saturated carbocycles. The van der Waals surface area contributed by atoms with Crippen LogP contribution in [-0.2, 0) is 0 Å². The van der Waals surface area contributed by atoms with Gasteiger partial charge >= 0.3 is 0 Å². The van der Waals surface area contributed by atoms with Crippen LogP contribution >= 0.6 is 0 Å². The van der Waals surface area contributed by atoms with Crippen molar-refractivity contribution in [2.24, 2.45) is 0 Å². The molecule has 0 radical (unpaired) electrons. The number of fused-ring (bicyclic) bond motifs is 1. The van der Waals surface area contributed by atoms with Crippen molar-refractivity contribution in [3.63, 3.8) is 0 Å². The molecule has 29 heavy (non-hydrogen) atoms. The third-order valence-electron chi connectivity index (χ3n) is 5.07. The summed E-state index contributed by atoms with van der Waals surface area (Å²) in [4.78, 5) is 1.99. The van der Waals surface area contributed by atoms with Crippen LogP contribution in [0.5, 0.6) is 0 Å². The van der Waals surface area contributed by atoms with Crippen LogP contribution in [0.4, 0.5) is 27.8 Å². The molecule has 1 saturated heterocycles. The van der Waals surface area contributed by atoms with Crippen LogP contribution in [0.15, 0.2) is 24.3 Å². The Balaban J connectivity index is 1.67. The van der Waals surface area contributed by atoms with Gasteiger partial charge in [-0.15, -0.1) is 15.3 Å². The predicted molar refractivity (Wildman–Crippen MR) is 94.1 cm³/mol. The average Bonchev–Trinajstić information content (AvgIpc) is 3.29. The number of halogens is 5. The second-order valence-corrected chi connectivity index (χ2v) is 6.76. The minimum absolute atomic E-state index is 0.173. The predicted octanol–water partition coefficient (Wildman–Crippen LogP) is 3.73. The van der Waals surface area contributed by atoms with Crippen LogP contribution in [-0.4, -0.2) is 43.8 Å². The molecule has 3 heterocycles. The Hall–Kier alpha value is -2.82. The lowest BCUT2D eigenvalue weighted by Gasteiger charge is -2.28. The van der Waals surface area contributed by atoms with Crippen molar-refractivity contribution in [2.75, 3.05) is 18.4 Å². The van der Waals surface area contributed by atoms with Gasteiger partial charge in [0.15, 0.2) is 23.1 Å². The zero-order valence-corrected chi connectivity index (χ0v) is 15.3. The van der Waals surface area contributed by atoms with Crippen molar-refractivity contribution in [1.82, 2.24) is 24.7 Å². The molecule has 2 unspecified atom stereocenters. The van der Waals surface area contributed by atoms with Gasteiger partial charge in [0.1, 0.15) is 5.82 Å². The molecule has 11 heteroatoms. The van der Waals surface area contributed by atoms with E-state index in [4.69, 9.17) is 0 Å². The zero-order chi connectivity index (χ0) is 20.7. The van der Waals surface area contributed by atoms with Gasteiger partial charge in [0, 0.05) is 12.6 Å². The summed E-state index contributed by atoms with van der Waals surface area (Å²) in [5.74, 6) is -4.32. The number of nitrogens with zero attached hydrogens (tertiary/aromatic N) is 5. The summed E-state index contributed by atoms with van der Waals surface area (Å²) in [5.41, 5.74) is 0.462. The molecule has 0 amide bonds. The first-order valence-electron chi connectivity index (χ1n) is 9.04. The highest BCUT2D eigenvalue weighted by atomic mass is 19.3. The maximum atomic E-state index is 13.8. The number of benzene rings is 1. The van der Waals surface area contributed by atoms with E-state index in [0.717, 1.165) is 16.6 Å². The SMILES string of the molecule is CCN1CCC(Nc2ccc3nnc(C(F)F)n3n2)C1c1cc(F)c(F)c(F)c1. The van der Waals surface area contributed by atoms with Crippen LogP contribution < -0.4 is 5.32 Å². The maximum Gasteiger partial charge on any atom is 0.299 e. The lowest BCUT2D eigenvalue weighted by Crippen LogP contribution is -2.32. The quantitative estimate of drug-likeness (QED) is 0.511. The lowest BCUT2D eigenvalue weighted by molar-refractivity contribution is 0.137. The first-order chi connectivity index (χ1) is 13.9. The van der Waals surface area contributed by atoms with E-state index in [9.17, 15) is 22.0 Å². The Morgan fingerprint density at radius 3 is 2.52 bits per heavy atom. The van der Waals surface area contributed by atoms with Gasteiger partial charge in [-0.1, -0.05) is 6.92 Å². The van der Waals surface area contributed by atoms with E-state index >= 15 is 0 Å². The molecule has 2 aromatic heterocycles. The molecule has 3 aromatic rings. The third kappa shape index (κ3) is 3.50. The number of likely N-dealkylation sites (N-methyl/N-ethyl adjacent to an activating group) is 1. The van der Waals surface area contributed by atoms with Crippen molar-refractivity contribution < 1.29 is 22.0 Å². The van der Waals surface area contributed by atoms with Gasteiger partial charge in [-0.2, -0.15) is 4.52 Å². The summed E-state index contributed by atoms with van der Waals surface area (Å²) in [6.45, 7) is 3.15. The fourth-order valence-corrected chi connectivity index (χ4v) is 3.76. The number of aromatic nitrogens is 4. The monoisotopic (exact) mass is 412 g/mol. The first kappa shape index (κ1) is 19.5. The molecule has 1 fully saturated rings. The van der Waals surface area contributed by atoms with Gasteiger partial charge in [-0.3, -0.25) is 4.90 Å². The Bertz CT molecular complexity index is 1020. The molecular weight excluding hydrogens is 395 g/mol. The van der Waals surface area contributed by atoms with Crippen LogP contribution in [0.3, 0.4) is 0 Å². The molecule has 1 N–H and O–H groups in total. The van der Waals surface area contributed by atoms with Gasteiger partial charge in [0.05, 0.1) is 6.04 Å². The molecule has 6 nitrogen and oxygen atoms in total. The lowest BCUT2D eigenvalue weighted by atomic mass is 9.99. The second kappa shape index (κ2) is 7.54. The van der Waals surface area contributed by atoms with Crippen molar-refractivity contribution in [3.05, 3.63) is 53.1 Å². The number of nitrogens with one attached hydrogen (secondary N) is 1. The number of hydrogen-bond donors (Lipinski definition) is 1. The highest BCUT2D eigenvalue weighted by Crippen LogP contribution is 2.35. The standard InChI is InChI=1S/C18H17F5N6/c1-2-28-6-5-12(16(28)9-7-10(19)15(21)11(20)8-9)24-13-3-4-14-25-26-18(17(22)23)29(14)27-13/h3-4,7-8,12,16-17H,2,5-6H2,1H3,(H,24,27). The van der Waals surface area contributed by atoms with Crippen LogP contribution in [0.2, 0.25) is 0 Å². The number of anilines is 1. The zero-order valence-electron chi connectivity index (χ0n) is 15.3. The minimum Gasteiger partial charge on any atom is -0.364 e. The average molecular weight is 412 g/mol. The molecule has 0 spiro atoms. The number of hydrogen-bond acceptors (Lipinski definition) is 5. The van der Waals surface area contributed by atoms with Crippen molar-refractivity contribution in [1.29, 1.82) is 0 Å². The van der Waals surface area contributed by atoms with E-state index in [1.165, 1.54) is 6.07 Å². The fraction of sp³-hybridized carbons (Fsp3) is 0.389. The molecule has 4 rings (SSSR count). The smallest absolute Gasteiger partial charge is 0.299 e. The van der Waals surface area contributed by atoms with Gasteiger partial charge in [0.2, 0.25) is 5.82 Å². The Morgan fingerprint density at radius 2 is 1.86 bits per heavy atom. The van der Waals surface area contributed by atoms with Gasteiger partial charge < -0.3 is 5.32 Å². The van der Waals surface area contributed by atoms with Crippen LogP contribution in [0.25, 0.3) is 5.65 Å². The summed E-state index contributed by atoms with van der Waals surface area (Å²) in [7, 11) is 0. The molecule has 1 aliphatic heterocycles. The molecule has 154 valence electrons. The number of likely N-dealkylation sites (tertiary alicyclic amines) is 1. The molecule has 2 atom stereocenters. The summed E-state index contributed by atoms with van der Waals surface area (Å²) < 4.78 is 68.0. The van der Waals surface area contributed by atoms with E-state index < -0.39 is 35.7 Å². The fourth-order valence-electron chi connectivity index (χ4n) is 3.76. The van der Waals surface area contributed by atoms with Crippen molar-refractivity contribution in [2.45, 2.75) is 31.9 Å². The third-order valence-corrected chi connectivity index (χ3v) is 5.07. The minimum atomic E-state index is -2.84. The molecule has 0 bridgehead atoms. The number of alkyl halides is 2. The number of rotatable bonds is 5. The highest BCUT2D eigenvalue weighted by molar-refractivity contribution is 5.45. The summed E-state index contributed by atoms with van der Waals surface area (Å²) >= 11 is 0. The maximum absolute atomic E-state index is 13.8. The van der Waals surface area contributed by atoms with Gasteiger partial charge in [-0.25, -0.2) is 22.0 Å². The second-order valence-electron chi connectivity index (χ2n) is 6.76. The van der Waals surface area contributed by atoms with Gasteiger partial charge in [-0.05, 0) is 42.8 Å². The van der Waals surface area contributed by atoms with E-state index in [2.05, 4.69) is 20.6 Å². The Labute approximate surface area is 162 Å². The van der Waals surface area contributed by atoms with E-state index in [0.29, 0.717) is 19.5 Å². The summed E-state index contributed by atoms with van der Waals surface area (Å²) in [5, 5.41) is 14.3. The Kier molecular flexibility index (Phi) is 5.07. The van der Waals surface area contributed by atoms with Crippen molar-refractivity contribution in [3.8, 4) is 0 Å². The van der Waals surface area contributed by atoms with E-state index in [1.54, 1.807) is 6.07 Å². The molecule has 1 aromatic carbocycles. The largest absolute Gasteiger partial charge is 0.364 e. The van der Waals surface area contributed by atoms with Gasteiger partial charge in [0.25, 0.3) is 6.43 Å². The van der Waals surface area contributed by atoms with Crippen molar-refractivity contribution >= 4 is 11.5 Å². The van der Waals surface area contributed by atoms with Crippen LogP contribution in [0.1, 0.15) is 37.2 Å². The molecule has 1 aliphatic rings. The van der Waals surface area contributed by atoms with Crippen LogP contribution in [0, 0.1) is 17.5 Å². The van der Waals surface area contributed by atoms with E-state index in [1.807, 2.05) is 11.8 Å². The topological polar surface area (TPSA) is 58.3 Å². The normalized spacial score (nSPS) is 20.1. The first-order valence-corrected chi connectivity index (χ1v) is 9.04. The van der Waals surface area contributed by atoms with E-state index in [-0.39, 0.29) is 23.1 Å². The Morgan fingerprint density at radius 1 is 1.14 bits per heavy atom. The summed E-state index contributed by atoms with van der Waals surface area (Å²) in [6, 6.07) is 4.26. The molecule has 0 aliphatic carbocycles. The molecular formula is C18H17F5N6. The summed E-state index contributed by atoms with van der Waals surface area (Å²) in [6.07, 6.45) is -2.23.